The van der Waals surface area contributed by atoms with E-state index in [1.807, 2.05) is 0 Å². The van der Waals surface area contributed by atoms with Gasteiger partial charge in [-0.2, -0.15) is 0 Å². The average molecular weight is 270 g/mol. The molecular weight excluding hydrogens is 261 g/mol. The molecule has 0 atom stereocenters. The lowest BCUT2D eigenvalue weighted by Gasteiger charge is -2.09. The van der Waals surface area contributed by atoms with E-state index in [9.17, 15) is 18.0 Å². The Kier molecular flexibility index (Phi) is 3.89. The second kappa shape index (κ2) is 5.60. The normalized spacial score (nSPS) is 10.7. The number of carbonyl (C=O) groups is 1. The molecular formula is C13H9F3O3. The lowest BCUT2D eigenvalue weighted by Crippen LogP contribution is -2.07. The summed E-state index contributed by atoms with van der Waals surface area (Å²) in [5, 5.41) is 0. The molecule has 0 radical (unpaired) electrons. The van der Waals surface area contributed by atoms with E-state index >= 15 is 0 Å². The summed E-state index contributed by atoms with van der Waals surface area (Å²) in [7, 11) is 0. The molecule has 1 heterocycles. The first-order valence-corrected chi connectivity index (χ1v) is 5.36. The SMILES string of the molecule is O=Cc1ccc(-c2cc(F)ccc2OCC(F)F)o1. The first kappa shape index (κ1) is 13.2. The van der Waals surface area contributed by atoms with E-state index in [1.54, 1.807) is 0 Å². The van der Waals surface area contributed by atoms with E-state index in [2.05, 4.69) is 0 Å². The zero-order valence-electron chi connectivity index (χ0n) is 9.61. The van der Waals surface area contributed by atoms with Crippen LogP contribution in [0.4, 0.5) is 13.2 Å². The number of furan rings is 1. The Hall–Kier alpha value is -2.24. The monoisotopic (exact) mass is 270 g/mol. The van der Waals surface area contributed by atoms with Gasteiger partial charge in [0.2, 0.25) is 0 Å². The Morgan fingerprint density at radius 1 is 1.26 bits per heavy atom. The topological polar surface area (TPSA) is 39.4 Å². The Morgan fingerprint density at radius 2 is 2.05 bits per heavy atom. The number of rotatable bonds is 5. The molecule has 0 bridgehead atoms. The highest BCUT2D eigenvalue weighted by molar-refractivity contribution is 5.74. The van der Waals surface area contributed by atoms with Gasteiger partial charge in [-0.15, -0.1) is 0 Å². The van der Waals surface area contributed by atoms with Crippen molar-refractivity contribution >= 4 is 6.29 Å². The zero-order chi connectivity index (χ0) is 13.8. The van der Waals surface area contributed by atoms with E-state index in [1.165, 1.54) is 18.2 Å². The minimum atomic E-state index is -2.64. The van der Waals surface area contributed by atoms with Crippen LogP contribution >= 0.6 is 0 Å². The summed E-state index contributed by atoms with van der Waals surface area (Å²) in [5.74, 6) is -0.276. The van der Waals surface area contributed by atoms with Crippen LogP contribution in [-0.4, -0.2) is 19.3 Å². The van der Waals surface area contributed by atoms with Crippen LogP contribution < -0.4 is 4.74 Å². The number of ether oxygens (including phenoxy) is 1. The summed E-state index contributed by atoms with van der Waals surface area (Å²) in [6.07, 6.45) is -2.15. The molecule has 2 aromatic rings. The van der Waals surface area contributed by atoms with Crippen LogP contribution in [0.25, 0.3) is 11.3 Å². The lowest BCUT2D eigenvalue weighted by atomic mass is 10.1. The van der Waals surface area contributed by atoms with Gasteiger partial charge in [0.15, 0.2) is 12.0 Å². The predicted octanol–water partition coefficient (Wildman–Crippen LogP) is 3.54. The highest BCUT2D eigenvalue weighted by Crippen LogP contribution is 2.32. The molecule has 0 spiro atoms. The fourth-order valence-electron chi connectivity index (χ4n) is 1.53. The van der Waals surface area contributed by atoms with E-state index in [0.29, 0.717) is 6.29 Å². The number of halogens is 3. The van der Waals surface area contributed by atoms with E-state index in [0.717, 1.165) is 12.1 Å². The molecule has 3 nitrogen and oxygen atoms in total. The Morgan fingerprint density at radius 3 is 2.68 bits per heavy atom. The van der Waals surface area contributed by atoms with Crippen molar-refractivity contribution in [3.05, 3.63) is 41.9 Å². The summed E-state index contributed by atoms with van der Waals surface area (Å²) in [6.45, 7) is -0.806. The predicted molar refractivity (Wildman–Crippen MR) is 61.0 cm³/mol. The maximum Gasteiger partial charge on any atom is 0.272 e. The third-order valence-corrected chi connectivity index (χ3v) is 2.31. The summed E-state index contributed by atoms with van der Waals surface area (Å²) in [4.78, 5) is 10.5. The van der Waals surface area contributed by atoms with Gasteiger partial charge in [0, 0.05) is 0 Å². The number of carbonyl (C=O) groups excluding carboxylic acids is 1. The molecule has 1 aromatic carbocycles. The molecule has 0 aliphatic rings. The third kappa shape index (κ3) is 3.15. The molecule has 0 amide bonds. The Labute approximate surface area is 106 Å². The lowest BCUT2D eigenvalue weighted by molar-refractivity contribution is 0.0821. The molecule has 19 heavy (non-hydrogen) atoms. The van der Waals surface area contributed by atoms with Gasteiger partial charge in [-0.05, 0) is 30.3 Å². The van der Waals surface area contributed by atoms with Gasteiger partial charge in [0.1, 0.15) is 23.9 Å². The molecule has 0 aliphatic carbocycles. The molecule has 2 rings (SSSR count). The van der Waals surface area contributed by atoms with Gasteiger partial charge in [0.05, 0.1) is 5.56 Å². The largest absolute Gasteiger partial charge is 0.487 e. The minimum absolute atomic E-state index is 0.0547. The quantitative estimate of drug-likeness (QED) is 0.780. The van der Waals surface area contributed by atoms with Gasteiger partial charge in [-0.3, -0.25) is 4.79 Å². The second-order valence-corrected chi connectivity index (χ2v) is 3.66. The van der Waals surface area contributed by atoms with Crippen molar-refractivity contribution in [2.45, 2.75) is 6.43 Å². The first-order valence-electron chi connectivity index (χ1n) is 5.36. The second-order valence-electron chi connectivity index (χ2n) is 3.66. The van der Waals surface area contributed by atoms with Gasteiger partial charge < -0.3 is 9.15 Å². The van der Waals surface area contributed by atoms with E-state index in [4.69, 9.17) is 9.15 Å². The summed E-state index contributed by atoms with van der Waals surface area (Å²) >= 11 is 0. The highest BCUT2D eigenvalue weighted by atomic mass is 19.3. The number of hydrogen-bond acceptors (Lipinski definition) is 3. The van der Waals surface area contributed by atoms with E-state index < -0.39 is 18.8 Å². The summed E-state index contributed by atoms with van der Waals surface area (Å²) in [5.41, 5.74) is 0.175. The maximum atomic E-state index is 13.2. The van der Waals surface area contributed by atoms with Crippen LogP contribution in [0.5, 0.6) is 5.75 Å². The smallest absolute Gasteiger partial charge is 0.272 e. The van der Waals surface area contributed by atoms with Crippen LogP contribution in [0.2, 0.25) is 0 Å². The van der Waals surface area contributed by atoms with Crippen molar-refractivity contribution in [1.29, 1.82) is 0 Å². The van der Waals surface area contributed by atoms with Crippen molar-refractivity contribution in [2.24, 2.45) is 0 Å². The van der Waals surface area contributed by atoms with Crippen molar-refractivity contribution in [3.63, 3.8) is 0 Å². The first-order chi connectivity index (χ1) is 9.10. The van der Waals surface area contributed by atoms with Crippen molar-refractivity contribution < 1.29 is 27.1 Å². The summed E-state index contributed by atoms with van der Waals surface area (Å²) < 4.78 is 47.5. The number of benzene rings is 1. The molecule has 0 unspecified atom stereocenters. The molecule has 1 aromatic heterocycles. The van der Waals surface area contributed by atoms with Crippen LogP contribution in [0.15, 0.2) is 34.7 Å². The Balaban J connectivity index is 2.36. The van der Waals surface area contributed by atoms with Crippen LogP contribution in [0.1, 0.15) is 10.6 Å². The standard InChI is InChI=1S/C13H9F3O3/c14-8-1-3-11(18-7-13(15)16)10(5-8)12-4-2-9(6-17)19-12/h1-6,13H,7H2. The fraction of sp³-hybridized carbons (Fsp3) is 0.154. The van der Waals surface area contributed by atoms with Crippen LogP contribution in [0.3, 0.4) is 0 Å². The molecule has 0 aliphatic heterocycles. The van der Waals surface area contributed by atoms with Crippen LogP contribution in [0, 0.1) is 5.82 Å². The maximum absolute atomic E-state index is 13.2. The third-order valence-electron chi connectivity index (χ3n) is 2.31. The van der Waals surface area contributed by atoms with E-state index in [-0.39, 0.29) is 22.8 Å². The van der Waals surface area contributed by atoms with Crippen molar-refractivity contribution in [1.82, 2.24) is 0 Å². The number of hydrogen-bond donors (Lipinski definition) is 0. The van der Waals surface area contributed by atoms with Crippen LogP contribution in [-0.2, 0) is 0 Å². The van der Waals surface area contributed by atoms with Gasteiger partial charge >= 0.3 is 0 Å². The zero-order valence-corrected chi connectivity index (χ0v) is 9.61. The molecule has 0 N–H and O–H groups in total. The minimum Gasteiger partial charge on any atom is -0.487 e. The molecule has 0 saturated heterocycles. The highest BCUT2D eigenvalue weighted by Gasteiger charge is 2.14. The summed E-state index contributed by atoms with van der Waals surface area (Å²) in [6, 6.07) is 6.25. The Bertz CT molecular complexity index is 578. The molecule has 6 heteroatoms. The molecule has 100 valence electrons. The fourth-order valence-corrected chi connectivity index (χ4v) is 1.53. The number of alkyl halides is 2. The van der Waals surface area contributed by atoms with Gasteiger partial charge in [-0.25, -0.2) is 13.2 Å². The molecule has 0 saturated carbocycles. The van der Waals surface area contributed by atoms with Gasteiger partial charge in [0.25, 0.3) is 6.43 Å². The molecule has 0 fully saturated rings. The average Bonchev–Trinajstić information content (AvgIpc) is 2.85. The van der Waals surface area contributed by atoms with Crippen molar-refractivity contribution in [2.75, 3.05) is 6.61 Å². The van der Waals surface area contributed by atoms with Gasteiger partial charge in [-0.1, -0.05) is 0 Å². The number of aldehydes is 1. The van der Waals surface area contributed by atoms with Crippen molar-refractivity contribution in [3.8, 4) is 17.1 Å².